The molecule has 0 saturated heterocycles. The van der Waals surface area contributed by atoms with Crippen molar-refractivity contribution in [1.29, 1.82) is 0 Å². The van der Waals surface area contributed by atoms with Crippen molar-refractivity contribution in [2.45, 2.75) is 90.4 Å². The van der Waals surface area contributed by atoms with Crippen molar-refractivity contribution in [2.24, 2.45) is 35.5 Å². The second-order valence-corrected chi connectivity index (χ2v) is 9.44. The lowest BCUT2D eigenvalue weighted by molar-refractivity contribution is 0.0607. The van der Waals surface area contributed by atoms with Crippen LogP contribution in [0.2, 0.25) is 0 Å². The van der Waals surface area contributed by atoms with Gasteiger partial charge in [-0.3, -0.25) is 0 Å². The lowest BCUT2D eigenvalue weighted by atomic mass is 9.65. The lowest BCUT2D eigenvalue weighted by Gasteiger charge is -2.41. The van der Waals surface area contributed by atoms with Gasteiger partial charge in [0.25, 0.3) is 0 Å². The topological polar surface area (TPSA) is 9.23 Å². The van der Waals surface area contributed by atoms with Crippen molar-refractivity contribution in [3.63, 3.8) is 0 Å². The van der Waals surface area contributed by atoms with Crippen molar-refractivity contribution in [3.8, 4) is 0 Å². The summed E-state index contributed by atoms with van der Waals surface area (Å²) in [5.41, 5.74) is 0. The molecular formula is C24H42O. The van der Waals surface area contributed by atoms with E-state index in [2.05, 4.69) is 19.6 Å². The second-order valence-electron chi connectivity index (χ2n) is 9.44. The molecule has 0 amide bonds. The summed E-state index contributed by atoms with van der Waals surface area (Å²) in [5, 5.41) is 0. The number of rotatable bonds is 7. The van der Waals surface area contributed by atoms with Gasteiger partial charge in [0.15, 0.2) is 0 Å². The summed E-state index contributed by atoms with van der Waals surface area (Å²) in [7, 11) is 0. The molecule has 3 fully saturated rings. The summed E-state index contributed by atoms with van der Waals surface area (Å²) < 4.78 is 5.79. The first-order valence-electron chi connectivity index (χ1n) is 11.5. The monoisotopic (exact) mass is 346 g/mol. The fraction of sp³-hybridized carbons (Fsp3) is 0.917. The van der Waals surface area contributed by atoms with Gasteiger partial charge in [0.05, 0.1) is 0 Å². The third kappa shape index (κ3) is 5.59. The van der Waals surface area contributed by atoms with E-state index in [-0.39, 0.29) is 0 Å². The number of allylic oxidation sites excluding steroid dienone is 1. The van der Waals surface area contributed by atoms with E-state index in [1.165, 1.54) is 77.0 Å². The van der Waals surface area contributed by atoms with Crippen LogP contribution in [-0.2, 0) is 4.74 Å². The van der Waals surface area contributed by atoms with Crippen LogP contribution in [0.15, 0.2) is 12.7 Å². The Hall–Kier alpha value is -0.300. The molecule has 3 aliphatic carbocycles. The van der Waals surface area contributed by atoms with Crippen LogP contribution < -0.4 is 0 Å². The fourth-order valence-electron chi connectivity index (χ4n) is 6.16. The van der Waals surface area contributed by atoms with E-state index in [1.807, 2.05) is 0 Å². The predicted molar refractivity (Wildman–Crippen MR) is 108 cm³/mol. The lowest BCUT2D eigenvalue weighted by Crippen LogP contribution is -2.30. The molecule has 144 valence electrons. The summed E-state index contributed by atoms with van der Waals surface area (Å²) in [5.74, 6) is 5.88. The molecule has 0 bridgehead atoms. The van der Waals surface area contributed by atoms with Crippen LogP contribution >= 0.6 is 0 Å². The van der Waals surface area contributed by atoms with Crippen molar-refractivity contribution in [1.82, 2.24) is 0 Å². The SMILES string of the molecule is C=CC1CCC(C2CCC(C3CCC(COCCC)CC3)CC2)CC1. The zero-order chi connectivity index (χ0) is 17.5. The Morgan fingerprint density at radius 1 is 0.720 bits per heavy atom. The number of hydrogen-bond acceptors (Lipinski definition) is 1. The number of ether oxygens (including phenoxy) is 1. The van der Waals surface area contributed by atoms with Crippen LogP contribution in [0.1, 0.15) is 90.4 Å². The Labute approximate surface area is 157 Å². The molecule has 3 rings (SSSR count). The molecule has 0 atom stereocenters. The van der Waals surface area contributed by atoms with Gasteiger partial charge in [-0.15, -0.1) is 6.58 Å². The molecule has 0 aliphatic heterocycles. The Balaban J connectivity index is 1.34. The van der Waals surface area contributed by atoms with Crippen molar-refractivity contribution in [3.05, 3.63) is 12.7 Å². The summed E-state index contributed by atoms with van der Waals surface area (Å²) in [6.07, 6.45) is 21.1. The summed E-state index contributed by atoms with van der Waals surface area (Å²) >= 11 is 0. The minimum Gasteiger partial charge on any atom is -0.381 e. The maximum absolute atomic E-state index is 5.79. The molecule has 0 heterocycles. The molecule has 0 spiro atoms. The first-order chi connectivity index (χ1) is 12.3. The highest BCUT2D eigenvalue weighted by Crippen LogP contribution is 2.45. The zero-order valence-corrected chi connectivity index (χ0v) is 16.8. The Kier molecular flexibility index (Phi) is 7.90. The molecule has 3 aliphatic rings. The van der Waals surface area contributed by atoms with E-state index >= 15 is 0 Å². The highest BCUT2D eigenvalue weighted by atomic mass is 16.5. The smallest absolute Gasteiger partial charge is 0.0494 e. The highest BCUT2D eigenvalue weighted by Gasteiger charge is 2.34. The third-order valence-corrected chi connectivity index (χ3v) is 7.89. The van der Waals surface area contributed by atoms with Crippen molar-refractivity contribution < 1.29 is 4.74 Å². The van der Waals surface area contributed by atoms with Crippen molar-refractivity contribution >= 4 is 0 Å². The maximum Gasteiger partial charge on any atom is 0.0494 e. The molecule has 1 heteroatoms. The van der Waals surface area contributed by atoms with Gasteiger partial charge in [-0.05, 0) is 119 Å². The quantitative estimate of drug-likeness (QED) is 0.355. The molecule has 0 radical (unpaired) electrons. The standard InChI is InChI=1S/C24H42O/c1-3-17-25-18-20-7-11-22(12-8-20)24-15-13-23(14-16-24)21-9-5-19(4-2)6-10-21/h4,19-24H,2-3,5-18H2,1H3. The van der Waals surface area contributed by atoms with Crippen LogP contribution in [0.4, 0.5) is 0 Å². The minimum absolute atomic E-state index is 0.823. The van der Waals surface area contributed by atoms with Crippen molar-refractivity contribution in [2.75, 3.05) is 13.2 Å². The Bertz CT molecular complexity index is 366. The normalized spacial score (nSPS) is 39.9. The zero-order valence-electron chi connectivity index (χ0n) is 16.8. The molecule has 0 unspecified atom stereocenters. The largest absolute Gasteiger partial charge is 0.381 e. The van der Waals surface area contributed by atoms with Gasteiger partial charge in [-0.25, -0.2) is 0 Å². The van der Waals surface area contributed by atoms with Crippen LogP contribution in [0.5, 0.6) is 0 Å². The van der Waals surface area contributed by atoms with Gasteiger partial charge in [-0.2, -0.15) is 0 Å². The minimum atomic E-state index is 0.823. The summed E-state index contributed by atoms with van der Waals surface area (Å²) in [6, 6.07) is 0. The van der Waals surface area contributed by atoms with E-state index in [0.29, 0.717) is 0 Å². The average Bonchev–Trinajstić information content (AvgIpc) is 2.69. The first-order valence-corrected chi connectivity index (χ1v) is 11.5. The molecule has 3 saturated carbocycles. The van der Waals surface area contributed by atoms with E-state index < -0.39 is 0 Å². The Morgan fingerprint density at radius 3 is 1.60 bits per heavy atom. The molecule has 25 heavy (non-hydrogen) atoms. The summed E-state index contributed by atoms with van der Waals surface area (Å²) in [6.45, 7) is 8.19. The van der Waals surface area contributed by atoms with Gasteiger partial charge in [0.1, 0.15) is 0 Å². The van der Waals surface area contributed by atoms with Gasteiger partial charge >= 0.3 is 0 Å². The molecule has 0 aromatic rings. The molecule has 0 aromatic heterocycles. The molecule has 1 nitrogen and oxygen atoms in total. The number of hydrogen-bond donors (Lipinski definition) is 0. The average molecular weight is 347 g/mol. The van der Waals surface area contributed by atoms with E-state index in [1.54, 1.807) is 0 Å². The summed E-state index contributed by atoms with van der Waals surface area (Å²) in [4.78, 5) is 0. The second kappa shape index (κ2) is 10.1. The van der Waals surface area contributed by atoms with E-state index in [4.69, 9.17) is 4.74 Å². The van der Waals surface area contributed by atoms with Crippen LogP contribution in [0.3, 0.4) is 0 Å². The van der Waals surface area contributed by atoms with Gasteiger partial charge < -0.3 is 4.74 Å². The van der Waals surface area contributed by atoms with Crippen LogP contribution in [0.25, 0.3) is 0 Å². The molecule has 0 N–H and O–H groups in total. The molecule has 0 aromatic carbocycles. The Morgan fingerprint density at radius 2 is 1.16 bits per heavy atom. The fourth-order valence-corrected chi connectivity index (χ4v) is 6.16. The van der Waals surface area contributed by atoms with Gasteiger partial charge in [-0.1, -0.05) is 13.0 Å². The first kappa shape index (κ1) is 19.5. The van der Waals surface area contributed by atoms with Gasteiger partial charge in [0, 0.05) is 13.2 Å². The van der Waals surface area contributed by atoms with Gasteiger partial charge in [0.2, 0.25) is 0 Å². The van der Waals surface area contributed by atoms with E-state index in [0.717, 1.165) is 55.1 Å². The predicted octanol–water partition coefficient (Wildman–Crippen LogP) is 7.02. The van der Waals surface area contributed by atoms with E-state index in [9.17, 15) is 0 Å². The third-order valence-electron chi connectivity index (χ3n) is 7.89. The van der Waals surface area contributed by atoms with Crippen LogP contribution in [0, 0.1) is 35.5 Å². The highest BCUT2D eigenvalue weighted by molar-refractivity contribution is 4.89. The maximum atomic E-state index is 5.79. The molecular weight excluding hydrogens is 304 g/mol. The van der Waals surface area contributed by atoms with Crippen LogP contribution in [-0.4, -0.2) is 13.2 Å².